The summed E-state index contributed by atoms with van der Waals surface area (Å²) in [5.41, 5.74) is 1.20. The number of rotatable bonds is 0. The Bertz CT molecular complexity index is 504. The zero-order chi connectivity index (χ0) is 15.7. The summed E-state index contributed by atoms with van der Waals surface area (Å²) in [6.45, 7) is 4.34. The Hall–Kier alpha value is -0.410. The topological polar surface area (TPSA) is 40.5 Å². The Kier molecular flexibility index (Phi) is 3.30. The zero-order valence-corrected chi connectivity index (χ0v) is 13.8. The van der Waals surface area contributed by atoms with Gasteiger partial charge in [-0.1, -0.05) is 25.5 Å². The second kappa shape index (κ2) is 4.80. The van der Waals surface area contributed by atoms with E-state index in [-0.39, 0.29) is 17.3 Å². The van der Waals surface area contributed by atoms with Crippen molar-refractivity contribution >= 4 is 0 Å². The van der Waals surface area contributed by atoms with Crippen LogP contribution < -0.4 is 0 Å². The first-order valence-electron chi connectivity index (χ1n) is 9.07. The van der Waals surface area contributed by atoms with Gasteiger partial charge in [0.05, 0.1) is 12.2 Å². The minimum Gasteiger partial charge on any atom is -0.393 e. The Labute approximate surface area is 132 Å². The predicted molar refractivity (Wildman–Crippen MR) is 84.0 cm³/mol. The van der Waals surface area contributed by atoms with Crippen LogP contribution in [0, 0.1) is 28.6 Å². The lowest BCUT2D eigenvalue weighted by molar-refractivity contribution is -0.141. The molecule has 0 spiro atoms. The molecule has 0 aromatic heterocycles. The van der Waals surface area contributed by atoms with Crippen LogP contribution in [0.1, 0.15) is 58.8 Å². The van der Waals surface area contributed by atoms with Crippen molar-refractivity contribution in [2.75, 3.05) is 0 Å². The second-order valence-electron chi connectivity index (χ2n) is 8.85. The Morgan fingerprint density at radius 3 is 2.82 bits per heavy atom. The fraction of sp³-hybridized carbons (Fsp3) is 0.895. The van der Waals surface area contributed by atoms with Crippen molar-refractivity contribution in [3.8, 4) is 0 Å². The SMILES string of the molecule is C[C@]12C[C@@H](O)[C@H]3[C@@H](CCC4=CCCC[C@@]43C)[C@@H]1C[C@@H](F)[C@@H]2O. The van der Waals surface area contributed by atoms with E-state index in [1.165, 1.54) is 18.4 Å². The van der Waals surface area contributed by atoms with E-state index in [1.54, 1.807) is 0 Å². The lowest BCUT2D eigenvalue weighted by Crippen LogP contribution is -2.57. The number of aliphatic hydroxyl groups is 2. The van der Waals surface area contributed by atoms with E-state index in [0.29, 0.717) is 18.8 Å². The fourth-order valence-corrected chi connectivity index (χ4v) is 6.83. The van der Waals surface area contributed by atoms with Crippen LogP contribution in [0.15, 0.2) is 11.6 Å². The quantitative estimate of drug-likeness (QED) is 0.671. The molecule has 0 amide bonds. The molecule has 22 heavy (non-hydrogen) atoms. The molecule has 4 rings (SSSR count). The van der Waals surface area contributed by atoms with Gasteiger partial charge in [0, 0.05) is 5.41 Å². The average molecular weight is 308 g/mol. The van der Waals surface area contributed by atoms with Crippen LogP contribution in [0.2, 0.25) is 0 Å². The smallest absolute Gasteiger partial charge is 0.127 e. The van der Waals surface area contributed by atoms with Crippen molar-refractivity contribution < 1.29 is 14.6 Å². The van der Waals surface area contributed by atoms with Gasteiger partial charge in [-0.3, -0.25) is 0 Å². The van der Waals surface area contributed by atoms with Crippen LogP contribution in [0.3, 0.4) is 0 Å². The minimum absolute atomic E-state index is 0.0985. The summed E-state index contributed by atoms with van der Waals surface area (Å²) >= 11 is 0. The molecule has 8 atom stereocenters. The fourth-order valence-electron chi connectivity index (χ4n) is 6.83. The summed E-state index contributed by atoms with van der Waals surface area (Å²) in [5.74, 6) is 0.846. The van der Waals surface area contributed by atoms with Crippen molar-refractivity contribution in [2.24, 2.45) is 28.6 Å². The van der Waals surface area contributed by atoms with Gasteiger partial charge in [-0.25, -0.2) is 4.39 Å². The van der Waals surface area contributed by atoms with Crippen molar-refractivity contribution in [2.45, 2.75) is 77.2 Å². The van der Waals surface area contributed by atoms with E-state index >= 15 is 0 Å². The maximum atomic E-state index is 14.2. The van der Waals surface area contributed by atoms with E-state index in [1.807, 2.05) is 6.92 Å². The Morgan fingerprint density at radius 2 is 2.05 bits per heavy atom. The van der Waals surface area contributed by atoms with Gasteiger partial charge in [0.2, 0.25) is 0 Å². The van der Waals surface area contributed by atoms with E-state index in [4.69, 9.17) is 0 Å². The number of fused-ring (bicyclic) bond motifs is 5. The molecule has 3 fully saturated rings. The van der Waals surface area contributed by atoms with Crippen LogP contribution in [-0.2, 0) is 0 Å². The normalized spacial score (nSPS) is 57.6. The molecule has 0 heterocycles. The molecule has 0 radical (unpaired) electrons. The Morgan fingerprint density at radius 1 is 1.27 bits per heavy atom. The van der Waals surface area contributed by atoms with Gasteiger partial charge in [-0.2, -0.15) is 0 Å². The molecule has 124 valence electrons. The number of hydrogen-bond donors (Lipinski definition) is 2. The monoisotopic (exact) mass is 308 g/mol. The third-order valence-corrected chi connectivity index (χ3v) is 7.89. The van der Waals surface area contributed by atoms with Gasteiger partial charge >= 0.3 is 0 Å². The standard InChI is InChI=1S/C19H29FO2/c1-18-8-4-3-5-11(18)6-7-12-13-9-14(20)17(22)19(13,2)10-15(21)16(12)18/h5,12-17,21-22H,3-4,6-10H2,1-2H3/t12-,13-,14+,15+,16+,17-,18-,19-/m0/s1. The lowest BCUT2D eigenvalue weighted by Gasteiger charge is -2.59. The first-order chi connectivity index (χ1) is 10.4. The largest absolute Gasteiger partial charge is 0.393 e. The molecule has 2 N–H and O–H groups in total. The first-order valence-corrected chi connectivity index (χ1v) is 9.07. The summed E-state index contributed by atoms with van der Waals surface area (Å²) < 4.78 is 14.2. The highest BCUT2D eigenvalue weighted by molar-refractivity contribution is 5.25. The third-order valence-electron chi connectivity index (χ3n) is 7.89. The van der Waals surface area contributed by atoms with E-state index in [0.717, 1.165) is 19.3 Å². The Balaban J connectivity index is 1.74. The maximum Gasteiger partial charge on any atom is 0.127 e. The maximum absolute atomic E-state index is 14.2. The molecule has 0 saturated heterocycles. The minimum atomic E-state index is -1.11. The highest BCUT2D eigenvalue weighted by Crippen LogP contribution is 2.65. The van der Waals surface area contributed by atoms with Gasteiger partial charge < -0.3 is 10.2 Å². The lowest BCUT2D eigenvalue weighted by atomic mass is 9.46. The molecule has 4 aliphatic carbocycles. The van der Waals surface area contributed by atoms with Gasteiger partial charge in [0.15, 0.2) is 0 Å². The molecule has 0 aromatic carbocycles. The van der Waals surface area contributed by atoms with Crippen molar-refractivity contribution in [1.29, 1.82) is 0 Å². The molecule has 0 aliphatic heterocycles. The third kappa shape index (κ3) is 1.78. The van der Waals surface area contributed by atoms with Gasteiger partial charge in [0.25, 0.3) is 0 Å². The number of alkyl halides is 1. The number of aliphatic hydroxyl groups excluding tert-OH is 2. The molecular weight excluding hydrogens is 279 g/mol. The van der Waals surface area contributed by atoms with Crippen molar-refractivity contribution in [3.63, 3.8) is 0 Å². The average Bonchev–Trinajstić information content (AvgIpc) is 2.70. The van der Waals surface area contributed by atoms with Crippen molar-refractivity contribution in [3.05, 3.63) is 11.6 Å². The van der Waals surface area contributed by atoms with Gasteiger partial charge in [-0.05, 0) is 68.1 Å². The van der Waals surface area contributed by atoms with Gasteiger partial charge in [0.1, 0.15) is 6.17 Å². The summed E-state index contributed by atoms with van der Waals surface area (Å²) in [6.07, 6.45) is 6.72. The molecular formula is C19H29FO2. The summed E-state index contributed by atoms with van der Waals surface area (Å²) in [4.78, 5) is 0. The molecule has 3 saturated carbocycles. The van der Waals surface area contributed by atoms with E-state index < -0.39 is 23.8 Å². The van der Waals surface area contributed by atoms with E-state index in [2.05, 4.69) is 13.0 Å². The molecule has 2 nitrogen and oxygen atoms in total. The molecule has 0 bridgehead atoms. The molecule has 4 aliphatic rings. The van der Waals surface area contributed by atoms with Crippen LogP contribution in [0.4, 0.5) is 4.39 Å². The predicted octanol–water partition coefficient (Wildman–Crippen LogP) is 3.62. The van der Waals surface area contributed by atoms with Crippen LogP contribution >= 0.6 is 0 Å². The van der Waals surface area contributed by atoms with E-state index in [9.17, 15) is 14.6 Å². The molecule has 0 unspecified atom stereocenters. The van der Waals surface area contributed by atoms with Crippen molar-refractivity contribution in [1.82, 2.24) is 0 Å². The highest BCUT2D eigenvalue weighted by atomic mass is 19.1. The van der Waals surface area contributed by atoms with Crippen LogP contribution in [0.5, 0.6) is 0 Å². The number of halogens is 1. The van der Waals surface area contributed by atoms with Gasteiger partial charge in [-0.15, -0.1) is 0 Å². The number of allylic oxidation sites excluding steroid dienone is 2. The summed E-state index contributed by atoms with van der Waals surface area (Å²) in [7, 11) is 0. The molecule has 0 aromatic rings. The zero-order valence-electron chi connectivity index (χ0n) is 13.8. The highest BCUT2D eigenvalue weighted by Gasteiger charge is 2.63. The second-order valence-corrected chi connectivity index (χ2v) is 8.85. The van der Waals surface area contributed by atoms with Crippen LogP contribution in [0.25, 0.3) is 0 Å². The summed E-state index contributed by atoms with van der Waals surface area (Å²) in [5, 5.41) is 21.3. The summed E-state index contributed by atoms with van der Waals surface area (Å²) in [6, 6.07) is 0. The first kappa shape index (κ1) is 15.1. The number of hydrogen-bond acceptors (Lipinski definition) is 2. The van der Waals surface area contributed by atoms with Crippen LogP contribution in [-0.4, -0.2) is 28.6 Å². The molecule has 3 heteroatoms.